The van der Waals surface area contributed by atoms with E-state index < -0.39 is 5.60 Å². The Morgan fingerprint density at radius 1 is 1.78 bits per heavy atom. The molecule has 1 aliphatic heterocycles. The number of rotatable bonds is 1. The number of hydrogen-bond donors (Lipinski definition) is 1. The van der Waals surface area contributed by atoms with Crippen molar-refractivity contribution in [2.75, 3.05) is 13.2 Å². The third kappa shape index (κ3) is 1.07. The summed E-state index contributed by atoms with van der Waals surface area (Å²) in [4.78, 5) is 0. The molecule has 1 aliphatic rings. The summed E-state index contributed by atoms with van der Waals surface area (Å²) in [6.45, 7) is 0.633. The predicted octanol–water partition coefficient (Wildman–Crippen LogP) is 0.161. The van der Waals surface area contributed by atoms with Crippen LogP contribution in [0.15, 0.2) is 0 Å². The lowest BCUT2D eigenvalue weighted by Crippen LogP contribution is -2.29. The lowest BCUT2D eigenvalue weighted by Gasteiger charge is -2.17. The Morgan fingerprint density at radius 2 is 2.56 bits per heavy atom. The molecule has 0 aromatic heterocycles. The summed E-state index contributed by atoms with van der Waals surface area (Å²) in [5, 5.41) is 8.75. The van der Waals surface area contributed by atoms with Crippen molar-refractivity contribution in [3.63, 3.8) is 0 Å². The third-order valence-corrected chi connectivity index (χ3v) is 1.62. The highest BCUT2D eigenvalue weighted by molar-refractivity contribution is 5.10. The molecule has 0 spiro atoms. The summed E-state index contributed by atoms with van der Waals surface area (Å²) in [6.07, 6.45) is 6.90. The van der Waals surface area contributed by atoms with Crippen molar-refractivity contribution in [1.29, 1.82) is 0 Å². The van der Waals surface area contributed by atoms with E-state index in [0.29, 0.717) is 6.61 Å². The van der Waals surface area contributed by atoms with Gasteiger partial charge in [-0.15, -0.1) is 6.42 Å². The van der Waals surface area contributed by atoms with E-state index in [9.17, 15) is 0 Å². The smallest absolute Gasteiger partial charge is 0.151 e. The zero-order valence-electron chi connectivity index (χ0n) is 5.26. The molecule has 1 fully saturated rings. The molecule has 0 aromatic rings. The van der Waals surface area contributed by atoms with Crippen molar-refractivity contribution in [3.8, 4) is 12.3 Å². The molecule has 0 aromatic carbocycles. The molecule has 50 valence electrons. The molecule has 0 amide bonds. The lowest BCUT2D eigenvalue weighted by atomic mass is 10.0. The molecule has 2 heteroatoms. The van der Waals surface area contributed by atoms with E-state index in [1.807, 2.05) is 0 Å². The largest absolute Gasteiger partial charge is 0.392 e. The predicted molar refractivity (Wildman–Crippen MR) is 33.8 cm³/mol. The van der Waals surface area contributed by atoms with Crippen LogP contribution in [0.25, 0.3) is 0 Å². The first-order valence-corrected chi connectivity index (χ1v) is 3.05. The van der Waals surface area contributed by atoms with Crippen LogP contribution in [-0.2, 0) is 4.74 Å². The zero-order chi connectivity index (χ0) is 6.74. The minimum absolute atomic E-state index is 0.0521. The second kappa shape index (κ2) is 2.38. The highest BCUT2D eigenvalue weighted by Crippen LogP contribution is 2.23. The Bertz CT molecular complexity index is 128. The van der Waals surface area contributed by atoms with Crippen molar-refractivity contribution in [1.82, 2.24) is 0 Å². The number of hydrogen-bond acceptors (Lipinski definition) is 2. The van der Waals surface area contributed by atoms with Gasteiger partial charge in [0.05, 0.1) is 6.61 Å². The Labute approximate surface area is 54.8 Å². The van der Waals surface area contributed by atoms with Crippen molar-refractivity contribution in [2.45, 2.75) is 18.4 Å². The quantitative estimate of drug-likeness (QED) is 0.507. The molecule has 1 atom stereocenters. The summed E-state index contributed by atoms with van der Waals surface area (Å²) in [5.41, 5.74) is -0.639. The maximum Gasteiger partial charge on any atom is 0.151 e. The van der Waals surface area contributed by atoms with Crippen LogP contribution in [0, 0.1) is 12.3 Å². The van der Waals surface area contributed by atoms with Crippen LogP contribution in [0.4, 0.5) is 0 Å². The first-order chi connectivity index (χ1) is 4.33. The van der Waals surface area contributed by atoms with Gasteiger partial charge in [-0.1, -0.05) is 5.92 Å². The number of aliphatic hydroxyl groups excluding tert-OH is 1. The van der Waals surface area contributed by atoms with Crippen molar-refractivity contribution in [2.24, 2.45) is 0 Å². The number of aliphatic hydroxyl groups is 1. The summed E-state index contributed by atoms with van der Waals surface area (Å²) in [5.74, 6) is 2.45. The van der Waals surface area contributed by atoms with Crippen LogP contribution < -0.4 is 0 Å². The van der Waals surface area contributed by atoms with Crippen LogP contribution in [-0.4, -0.2) is 23.9 Å². The molecule has 0 aliphatic carbocycles. The van der Waals surface area contributed by atoms with E-state index >= 15 is 0 Å². The maximum absolute atomic E-state index is 8.75. The zero-order valence-corrected chi connectivity index (χ0v) is 5.26. The first kappa shape index (κ1) is 6.60. The van der Waals surface area contributed by atoms with Gasteiger partial charge in [-0.2, -0.15) is 0 Å². The maximum atomic E-state index is 8.75. The Hall–Kier alpha value is -0.520. The van der Waals surface area contributed by atoms with E-state index in [1.165, 1.54) is 0 Å². The van der Waals surface area contributed by atoms with E-state index in [-0.39, 0.29) is 6.61 Å². The molecular weight excluding hydrogens is 116 g/mol. The fourth-order valence-electron chi connectivity index (χ4n) is 0.982. The lowest BCUT2D eigenvalue weighted by molar-refractivity contribution is 0.00651. The van der Waals surface area contributed by atoms with E-state index in [1.54, 1.807) is 0 Å². The average molecular weight is 126 g/mol. The second-order valence-electron chi connectivity index (χ2n) is 2.25. The number of terminal acetylenes is 1. The highest BCUT2D eigenvalue weighted by Gasteiger charge is 2.31. The van der Waals surface area contributed by atoms with Crippen molar-refractivity contribution >= 4 is 0 Å². The SMILES string of the molecule is C#CC1(CO)CCCO1. The van der Waals surface area contributed by atoms with Gasteiger partial charge in [0.2, 0.25) is 0 Å². The highest BCUT2D eigenvalue weighted by atomic mass is 16.5. The summed E-state index contributed by atoms with van der Waals surface area (Å²) in [7, 11) is 0. The fourth-order valence-corrected chi connectivity index (χ4v) is 0.982. The monoisotopic (exact) mass is 126 g/mol. The molecule has 0 saturated carbocycles. The van der Waals surface area contributed by atoms with E-state index in [0.717, 1.165) is 12.8 Å². The van der Waals surface area contributed by atoms with Crippen LogP contribution in [0.3, 0.4) is 0 Å². The topological polar surface area (TPSA) is 29.5 Å². The Kier molecular flexibility index (Phi) is 1.75. The number of ether oxygens (including phenoxy) is 1. The van der Waals surface area contributed by atoms with Gasteiger partial charge in [0.1, 0.15) is 0 Å². The molecule has 1 saturated heterocycles. The summed E-state index contributed by atoms with van der Waals surface area (Å²) < 4.78 is 5.15. The minimum atomic E-state index is -0.639. The van der Waals surface area contributed by atoms with E-state index in [2.05, 4.69) is 5.92 Å². The van der Waals surface area contributed by atoms with Gasteiger partial charge in [-0.25, -0.2) is 0 Å². The molecule has 1 N–H and O–H groups in total. The van der Waals surface area contributed by atoms with Gasteiger partial charge >= 0.3 is 0 Å². The molecule has 0 radical (unpaired) electrons. The van der Waals surface area contributed by atoms with Gasteiger partial charge in [-0.3, -0.25) is 0 Å². The molecular formula is C7H10O2. The summed E-state index contributed by atoms with van der Waals surface area (Å²) >= 11 is 0. The first-order valence-electron chi connectivity index (χ1n) is 3.05. The van der Waals surface area contributed by atoms with Crippen molar-refractivity contribution in [3.05, 3.63) is 0 Å². The molecule has 0 bridgehead atoms. The normalized spacial score (nSPS) is 34.2. The Balaban J connectivity index is 2.59. The second-order valence-corrected chi connectivity index (χ2v) is 2.25. The average Bonchev–Trinajstić information content (AvgIpc) is 2.36. The molecule has 1 unspecified atom stereocenters. The van der Waals surface area contributed by atoms with Gasteiger partial charge in [0, 0.05) is 6.61 Å². The molecule has 9 heavy (non-hydrogen) atoms. The molecule has 1 heterocycles. The van der Waals surface area contributed by atoms with Gasteiger partial charge in [-0.05, 0) is 12.8 Å². The van der Waals surface area contributed by atoms with Gasteiger partial charge < -0.3 is 9.84 Å². The van der Waals surface area contributed by atoms with Crippen molar-refractivity contribution < 1.29 is 9.84 Å². The van der Waals surface area contributed by atoms with Crippen LogP contribution in [0.1, 0.15) is 12.8 Å². The fraction of sp³-hybridized carbons (Fsp3) is 0.714. The molecule has 1 rings (SSSR count). The van der Waals surface area contributed by atoms with Gasteiger partial charge in [0.25, 0.3) is 0 Å². The third-order valence-electron chi connectivity index (χ3n) is 1.62. The summed E-state index contributed by atoms with van der Waals surface area (Å²) in [6, 6.07) is 0. The van der Waals surface area contributed by atoms with E-state index in [4.69, 9.17) is 16.3 Å². The van der Waals surface area contributed by atoms with Crippen LogP contribution >= 0.6 is 0 Å². The Morgan fingerprint density at radius 3 is 2.78 bits per heavy atom. The van der Waals surface area contributed by atoms with Gasteiger partial charge in [0.15, 0.2) is 5.60 Å². The molecule has 2 nitrogen and oxygen atoms in total. The standard InChI is InChI=1S/C7H10O2/c1-2-7(6-8)4-3-5-9-7/h1,8H,3-6H2. The van der Waals surface area contributed by atoms with Crippen LogP contribution in [0.5, 0.6) is 0 Å². The minimum Gasteiger partial charge on any atom is -0.392 e. The van der Waals surface area contributed by atoms with Crippen LogP contribution in [0.2, 0.25) is 0 Å².